The molecule has 1 heterocycles. The molecule has 0 bridgehead atoms. The van der Waals surface area contributed by atoms with Crippen molar-refractivity contribution in [2.24, 2.45) is 11.8 Å². The Morgan fingerprint density at radius 3 is 2.59 bits per heavy atom. The molecule has 1 aliphatic carbocycles. The van der Waals surface area contributed by atoms with Gasteiger partial charge in [0.05, 0.1) is 36.0 Å². The van der Waals surface area contributed by atoms with E-state index < -0.39 is 0 Å². The van der Waals surface area contributed by atoms with Crippen molar-refractivity contribution in [3.8, 4) is 22.4 Å². The zero-order valence-electron chi connectivity index (χ0n) is 17.9. The lowest BCUT2D eigenvalue weighted by atomic mass is 9.83. The fraction of sp³-hybridized carbons (Fsp3) is 0.360. The molecule has 0 aliphatic heterocycles. The number of hydrogen-bond acceptors (Lipinski definition) is 7. The number of thiazole rings is 1. The Morgan fingerprint density at radius 1 is 1.19 bits per heavy atom. The molecule has 0 amide bonds. The first-order valence-corrected chi connectivity index (χ1v) is 11.5. The van der Waals surface area contributed by atoms with E-state index in [4.69, 9.17) is 19.7 Å². The summed E-state index contributed by atoms with van der Waals surface area (Å²) in [4.78, 5) is 28.1. The smallest absolute Gasteiger partial charge is 0.308 e. The maximum atomic E-state index is 12.4. The predicted octanol–water partition coefficient (Wildman–Crippen LogP) is 4.93. The van der Waals surface area contributed by atoms with Crippen molar-refractivity contribution in [3.05, 3.63) is 47.5 Å². The van der Waals surface area contributed by atoms with Crippen molar-refractivity contribution in [1.29, 1.82) is 5.26 Å². The number of carbonyl (C=O) groups is 2. The van der Waals surface area contributed by atoms with Crippen LogP contribution in [-0.4, -0.2) is 31.0 Å². The van der Waals surface area contributed by atoms with Gasteiger partial charge in [-0.2, -0.15) is 5.26 Å². The third kappa shape index (κ3) is 4.66. The summed E-state index contributed by atoms with van der Waals surface area (Å²) in [6.45, 7) is 0.304. The van der Waals surface area contributed by atoms with Gasteiger partial charge in [-0.3, -0.25) is 4.79 Å². The Balaban J connectivity index is 1.47. The van der Waals surface area contributed by atoms with E-state index in [0.29, 0.717) is 24.3 Å². The molecule has 3 aromatic rings. The SMILES string of the molecule is COc1ccc(CCOC(=O)C2CCC(C=O)CC2)c2sc(-c3ccc(C#N)cc3)nc12. The van der Waals surface area contributed by atoms with E-state index in [-0.39, 0.29) is 17.8 Å². The average Bonchev–Trinajstić information content (AvgIpc) is 3.30. The normalized spacial score (nSPS) is 18.1. The van der Waals surface area contributed by atoms with Gasteiger partial charge in [0, 0.05) is 17.9 Å². The standard InChI is InChI=1S/C25H24N2O4S/c1-30-21-11-10-18(12-13-31-25(29)20-8-4-17(15-28)5-9-20)23-22(21)27-24(32-23)19-6-2-16(14-26)3-7-19/h2-3,6-7,10-11,15,17,20H,4-5,8-9,12-13H2,1H3. The number of esters is 1. The fourth-order valence-corrected chi connectivity index (χ4v) is 5.21. The minimum atomic E-state index is -0.165. The quantitative estimate of drug-likeness (QED) is 0.376. The van der Waals surface area contributed by atoms with Gasteiger partial charge in [-0.25, -0.2) is 4.98 Å². The number of aromatic nitrogens is 1. The van der Waals surface area contributed by atoms with E-state index in [2.05, 4.69) is 6.07 Å². The molecular formula is C25H24N2O4S. The van der Waals surface area contributed by atoms with Gasteiger partial charge in [-0.05, 0) is 49.4 Å². The number of hydrogen-bond donors (Lipinski definition) is 0. The third-order valence-corrected chi connectivity index (χ3v) is 7.16. The van der Waals surface area contributed by atoms with E-state index >= 15 is 0 Å². The number of rotatable bonds is 7. The molecule has 32 heavy (non-hydrogen) atoms. The van der Waals surface area contributed by atoms with Gasteiger partial charge in [0.2, 0.25) is 0 Å². The van der Waals surface area contributed by atoms with Crippen LogP contribution in [0.4, 0.5) is 0 Å². The van der Waals surface area contributed by atoms with Gasteiger partial charge in [0.1, 0.15) is 22.6 Å². The first-order valence-electron chi connectivity index (χ1n) is 10.7. The summed E-state index contributed by atoms with van der Waals surface area (Å²) in [5.41, 5.74) is 3.38. The van der Waals surface area contributed by atoms with E-state index in [1.54, 1.807) is 30.6 Å². The fourth-order valence-electron chi connectivity index (χ4n) is 4.08. The highest BCUT2D eigenvalue weighted by Gasteiger charge is 2.27. The largest absolute Gasteiger partial charge is 0.494 e. The summed E-state index contributed by atoms with van der Waals surface area (Å²) in [6.07, 6.45) is 4.56. The van der Waals surface area contributed by atoms with E-state index in [1.807, 2.05) is 24.3 Å². The highest BCUT2D eigenvalue weighted by molar-refractivity contribution is 7.21. The number of aldehydes is 1. The number of fused-ring (bicyclic) bond motifs is 1. The van der Waals surface area contributed by atoms with Crippen LogP contribution in [0, 0.1) is 23.2 Å². The zero-order valence-corrected chi connectivity index (χ0v) is 18.7. The predicted molar refractivity (Wildman–Crippen MR) is 122 cm³/mol. The van der Waals surface area contributed by atoms with Gasteiger partial charge < -0.3 is 14.3 Å². The van der Waals surface area contributed by atoms with Crippen molar-refractivity contribution in [3.63, 3.8) is 0 Å². The van der Waals surface area contributed by atoms with Crippen LogP contribution in [0.15, 0.2) is 36.4 Å². The second-order valence-electron chi connectivity index (χ2n) is 7.98. The Labute approximate surface area is 190 Å². The Hall–Kier alpha value is -3.24. The van der Waals surface area contributed by atoms with Gasteiger partial charge in [0.25, 0.3) is 0 Å². The summed E-state index contributed by atoms with van der Waals surface area (Å²) >= 11 is 1.56. The summed E-state index contributed by atoms with van der Waals surface area (Å²) in [5, 5.41) is 9.86. The first kappa shape index (κ1) is 22.0. The van der Waals surface area contributed by atoms with Gasteiger partial charge in [-0.15, -0.1) is 11.3 Å². The minimum absolute atomic E-state index is 0.0864. The molecule has 164 valence electrons. The molecule has 7 heteroatoms. The Kier molecular flexibility index (Phi) is 6.81. The van der Waals surface area contributed by atoms with Crippen LogP contribution in [0.5, 0.6) is 5.75 Å². The Morgan fingerprint density at radius 2 is 1.94 bits per heavy atom. The van der Waals surface area contributed by atoms with Gasteiger partial charge in [-0.1, -0.05) is 18.2 Å². The summed E-state index contributed by atoms with van der Waals surface area (Å²) in [5.74, 6) is 0.516. The molecule has 0 saturated heterocycles. The summed E-state index contributed by atoms with van der Waals surface area (Å²) in [7, 11) is 1.62. The van der Waals surface area contributed by atoms with Crippen LogP contribution >= 0.6 is 11.3 Å². The molecule has 0 spiro atoms. The molecule has 2 aromatic carbocycles. The molecule has 1 aromatic heterocycles. The lowest BCUT2D eigenvalue weighted by Gasteiger charge is -2.23. The number of nitrogens with zero attached hydrogens (tertiary/aromatic N) is 2. The average molecular weight is 449 g/mol. The molecular weight excluding hydrogens is 424 g/mol. The molecule has 0 unspecified atom stereocenters. The monoisotopic (exact) mass is 448 g/mol. The molecule has 4 rings (SSSR count). The minimum Gasteiger partial charge on any atom is -0.494 e. The molecule has 0 radical (unpaired) electrons. The number of methoxy groups -OCH3 is 1. The highest BCUT2D eigenvalue weighted by atomic mass is 32.1. The van der Waals surface area contributed by atoms with Gasteiger partial charge >= 0.3 is 5.97 Å². The van der Waals surface area contributed by atoms with Crippen LogP contribution in [0.2, 0.25) is 0 Å². The van der Waals surface area contributed by atoms with Gasteiger partial charge in [0.15, 0.2) is 0 Å². The second kappa shape index (κ2) is 9.92. The molecule has 0 N–H and O–H groups in total. The van der Waals surface area contributed by atoms with Crippen LogP contribution < -0.4 is 4.74 Å². The van der Waals surface area contributed by atoms with Crippen molar-refractivity contribution in [2.75, 3.05) is 13.7 Å². The summed E-state index contributed by atoms with van der Waals surface area (Å²) in [6, 6.07) is 13.4. The van der Waals surface area contributed by atoms with Crippen molar-refractivity contribution < 1.29 is 19.1 Å². The zero-order chi connectivity index (χ0) is 22.5. The molecule has 0 atom stereocenters. The van der Waals surface area contributed by atoms with E-state index in [9.17, 15) is 9.59 Å². The molecule has 6 nitrogen and oxygen atoms in total. The number of carbonyl (C=O) groups excluding carboxylic acids is 2. The van der Waals surface area contributed by atoms with Crippen LogP contribution in [0.25, 0.3) is 20.8 Å². The van der Waals surface area contributed by atoms with Crippen LogP contribution in [0.3, 0.4) is 0 Å². The topological polar surface area (TPSA) is 89.3 Å². The lowest BCUT2D eigenvalue weighted by molar-refractivity contribution is -0.150. The molecule has 1 fully saturated rings. The summed E-state index contributed by atoms with van der Waals surface area (Å²) < 4.78 is 12.1. The second-order valence-corrected chi connectivity index (χ2v) is 8.98. The highest BCUT2D eigenvalue weighted by Crippen LogP contribution is 2.37. The van der Waals surface area contributed by atoms with E-state index in [1.165, 1.54) is 0 Å². The van der Waals surface area contributed by atoms with Crippen molar-refractivity contribution in [2.45, 2.75) is 32.1 Å². The third-order valence-electron chi connectivity index (χ3n) is 5.98. The van der Waals surface area contributed by atoms with Crippen molar-refractivity contribution >= 4 is 33.8 Å². The number of benzene rings is 2. The Bertz CT molecular complexity index is 1160. The van der Waals surface area contributed by atoms with Crippen molar-refractivity contribution in [1.82, 2.24) is 4.98 Å². The van der Waals surface area contributed by atoms with Crippen LogP contribution in [-0.2, 0) is 20.7 Å². The maximum absolute atomic E-state index is 12.4. The molecule has 1 saturated carbocycles. The lowest BCUT2D eigenvalue weighted by Crippen LogP contribution is -2.24. The maximum Gasteiger partial charge on any atom is 0.308 e. The number of ether oxygens (including phenoxy) is 2. The van der Waals surface area contributed by atoms with E-state index in [0.717, 1.165) is 58.3 Å². The molecule has 1 aliphatic rings. The number of nitriles is 1. The first-order chi connectivity index (χ1) is 15.6. The van der Waals surface area contributed by atoms with Crippen LogP contribution in [0.1, 0.15) is 36.8 Å².